The molecule has 0 N–H and O–H groups in total. The molecule has 2 aromatic carbocycles. The minimum absolute atomic E-state index is 0.0164. The van der Waals surface area contributed by atoms with Crippen molar-refractivity contribution in [2.24, 2.45) is 0 Å². The van der Waals surface area contributed by atoms with Crippen molar-refractivity contribution in [3.8, 4) is 11.5 Å². The number of halogens is 2. The minimum Gasteiger partial charge on any atom is -0.457 e. The van der Waals surface area contributed by atoms with Gasteiger partial charge < -0.3 is 4.74 Å². The van der Waals surface area contributed by atoms with Gasteiger partial charge in [-0.3, -0.25) is 10.1 Å². The molecule has 0 amide bonds. The first-order valence-electron chi connectivity index (χ1n) is 5.36. The maximum Gasteiger partial charge on any atom is 0.269 e. The quantitative estimate of drug-likeness (QED) is 0.460. The summed E-state index contributed by atoms with van der Waals surface area (Å²) in [5, 5.41) is 10.5. The standard InChI is InChI=1S/C13H9Cl2NO3/c14-13(15)9-2-1-3-12(8-9)19-11-6-4-10(5-7-11)16(17)18/h1-8,13H. The molecule has 0 bridgehead atoms. The Labute approximate surface area is 119 Å². The fourth-order valence-corrected chi connectivity index (χ4v) is 1.76. The summed E-state index contributed by atoms with van der Waals surface area (Å²) in [6.07, 6.45) is 0. The summed E-state index contributed by atoms with van der Waals surface area (Å²) >= 11 is 11.5. The lowest BCUT2D eigenvalue weighted by Crippen LogP contribution is -1.89. The second-order valence-corrected chi connectivity index (χ2v) is 4.82. The van der Waals surface area contributed by atoms with Crippen LogP contribution in [0.1, 0.15) is 10.4 Å². The first kappa shape index (κ1) is 13.6. The fourth-order valence-electron chi connectivity index (χ4n) is 1.49. The molecule has 0 saturated heterocycles. The van der Waals surface area contributed by atoms with Gasteiger partial charge in [0, 0.05) is 12.1 Å². The molecule has 0 aliphatic carbocycles. The smallest absolute Gasteiger partial charge is 0.269 e. The molecule has 4 nitrogen and oxygen atoms in total. The highest BCUT2D eigenvalue weighted by molar-refractivity contribution is 6.44. The Morgan fingerprint density at radius 1 is 1.05 bits per heavy atom. The van der Waals surface area contributed by atoms with E-state index in [1.54, 1.807) is 24.3 Å². The Morgan fingerprint density at radius 2 is 1.74 bits per heavy atom. The van der Waals surface area contributed by atoms with Crippen molar-refractivity contribution in [3.63, 3.8) is 0 Å². The third kappa shape index (κ3) is 3.59. The van der Waals surface area contributed by atoms with E-state index in [4.69, 9.17) is 27.9 Å². The van der Waals surface area contributed by atoms with Gasteiger partial charge in [0.1, 0.15) is 16.3 Å². The van der Waals surface area contributed by atoms with E-state index in [1.807, 2.05) is 0 Å². The topological polar surface area (TPSA) is 52.4 Å². The summed E-state index contributed by atoms with van der Waals surface area (Å²) in [5.41, 5.74) is 0.741. The van der Waals surface area contributed by atoms with Crippen LogP contribution in [0.3, 0.4) is 0 Å². The number of benzene rings is 2. The molecule has 6 heteroatoms. The van der Waals surface area contributed by atoms with Crippen molar-refractivity contribution < 1.29 is 9.66 Å². The zero-order valence-corrected chi connectivity index (χ0v) is 11.1. The van der Waals surface area contributed by atoms with E-state index in [9.17, 15) is 10.1 Å². The molecule has 0 aliphatic rings. The largest absolute Gasteiger partial charge is 0.457 e. The normalized spacial score (nSPS) is 10.5. The van der Waals surface area contributed by atoms with E-state index in [0.29, 0.717) is 11.5 Å². The molecule has 0 aliphatic heterocycles. The number of nitro groups is 1. The highest BCUT2D eigenvalue weighted by atomic mass is 35.5. The summed E-state index contributed by atoms with van der Waals surface area (Å²) in [7, 11) is 0. The number of ether oxygens (including phenoxy) is 1. The summed E-state index contributed by atoms with van der Waals surface area (Å²) in [4.78, 5) is 9.44. The summed E-state index contributed by atoms with van der Waals surface area (Å²) in [6.45, 7) is 0. The van der Waals surface area contributed by atoms with Gasteiger partial charge in [-0.05, 0) is 29.8 Å². The van der Waals surface area contributed by atoms with Crippen LogP contribution in [-0.2, 0) is 0 Å². The number of hydrogen-bond donors (Lipinski definition) is 0. The second kappa shape index (κ2) is 5.91. The molecule has 0 aromatic heterocycles. The van der Waals surface area contributed by atoms with Crippen molar-refractivity contribution in [2.45, 2.75) is 4.84 Å². The number of nitro benzene ring substituents is 1. The lowest BCUT2D eigenvalue weighted by Gasteiger charge is -2.07. The van der Waals surface area contributed by atoms with Crippen LogP contribution in [0.4, 0.5) is 5.69 Å². The summed E-state index contributed by atoms with van der Waals surface area (Å²) < 4.78 is 5.56. The van der Waals surface area contributed by atoms with E-state index in [2.05, 4.69) is 0 Å². The van der Waals surface area contributed by atoms with Crippen LogP contribution < -0.4 is 4.74 Å². The van der Waals surface area contributed by atoms with Crippen LogP contribution in [0.2, 0.25) is 0 Å². The predicted molar refractivity (Wildman–Crippen MR) is 74.1 cm³/mol. The molecular formula is C13H9Cl2NO3. The van der Waals surface area contributed by atoms with Crippen LogP contribution in [0.15, 0.2) is 48.5 Å². The Morgan fingerprint density at radius 3 is 2.32 bits per heavy atom. The third-order valence-electron chi connectivity index (χ3n) is 2.39. The lowest BCUT2D eigenvalue weighted by molar-refractivity contribution is -0.384. The van der Waals surface area contributed by atoms with Gasteiger partial charge in [-0.25, -0.2) is 0 Å². The number of nitrogens with zero attached hydrogens (tertiary/aromatic N) is 1. The number of non-ortho nitro benzene ring substituents is 1. The molecule has 2 aromatic rings. The fraction of sp³-hybridized carbons (Fsp3) is 0.0769. The van der Waals surface area contributed by atoms with Crippen molar-refractivity contribution in [3.05, 3.63) is 64.2 Å². The van der Waals surface area contributed by atoms with E-state index >= 15 is 0 Å². The van der Waals surface area contributed by atoms with Crippen molar-refractivity contribution in [1.82, 2.24) is 0 Å². The molecular weight excluding hydrogens is 289 g/mol. The van der Waals surface area contributed by atoms with Crippen LogP contribution in [0, 0.1) is 10.1 Å². The SMILES string of the molecule is O=[N+]([O-])c1ccc(Oc2cccc(C(Cl)Cl)c2)cc1. The van der Waals surface area contributed by atoms with Crippen LogP contribution in [0.5, 0.6) is 11.5 Å². The number of hydrogen-bond acceptors (Lipinski definition) is 3. The van der Waals surface area contributed by atoms with Gasteiger partial charge in [0.05, 0.1) is 4.92 Å². The van der Waals surface area contributed by atoms with Crippen molar-refractivity contribution >= 4 is 28.9 Å². The molecule has 0 unspecified atom stereocenters. The maximum atomic E-state index is 10.5. The van der Waals surface area contributed by atoms with Crippen molar-refractivity contribution in [2.75, 3.05) is 0 Å². The van der Waals surface area contributed by atoms with Gasteiger partial charge in [0.2, 0.25) is 0 Å². The summed E-state index contributed by atoms with van der Waals surface area (Å²) in [6, 6.07) is 12.8. The van der Waals surface area contributed by atoms with Crippen molar-refractivity contribution in [1.29, 1.82) is 0 Å². The third-order valence-corrected chi connectivity index (χ3v) is 2.90. The molecule has 98 valence electrons. The van der Waals surface area contributed by atoms with Crippen LogP contribution in [-0.4, -0.2) is 4.92 Å². The van der Waals surface area contributed by atoms with Gasteiger partial charge in [-0.2, -0.15) is 0 Å². The Balaban J connectivity index is 2.16. The molecule has 2 rings (SSSR count). The number of alkyl halides is 2. The first-order chi connectivity index (χ1) is 9.06. The zero-order valence-electron chi connectivity index (χ0n) is 9.62. The first-order valence-corrected chi connectivity index (χ1v) is 6.24. The average molecular weight is 298 g/mol. The number of rotatable bonds is 4. The van der Waals surface area contributed by atoms with Gasteiger partial charge >= 0.3 is 0 Å². The lowest BCUT2D eigenvalue weighted by atomic mass is 10.2. The Bertz CT molecular complexity index is 585. The predicted octanol–water partition coefficient (Wildman–Crippen LogP) is 4.86. The van der Waals surface area contributed by atoms with E-state index in [0.717, 1.165) is 5.56 Å². The Hall–Kier alpha value is -1.78. The van der Waals surface area contributed by atoms with Crippen LogP contribution >= 0.6 is 23.2 Å². The molecule has 0 radical (unpaired) electrons. The monoisotopic (exact) mass is 297 g/mol. The minimum atomic E-state index is -0.625. The van der Waals surface area contributed by atoms with Gasteiger partial charge in [0.25, 0.3) is 5.69 Å². The molecule has 0 heterocycles. The summed E-state index contributed by atoms with van der Waals surface area (Å²) in [5.74, 6) is 1.07. The van der Waals surface area contributed by atoms with Gasteiger partial charge in [0.15, 0.2) is 0 Å². The molecule has 0 fully saturated rings. The highest BCUT2D eigenvalue weighted by Crippen LogP contribution is 2.30. The van der Waals surface area contributed by atoms with Crippen LogP contribution in [0.25, 0.3) is 0 Å². The Kier molecular flexibility index (Phi) is 4.24. The second-order valence-electron chi connectivity index (χ2n) is 3.73. The van der Waals surface area contributed by atoms with E-state index < -0.39 is 9.76 Å². The average Bonchev–Trinajstić information content (AvgIpc) is 2.39. The highest BCUT2D eigenvalue weighted by Gasteiger charge is 2.07. The van der Waals surface area contributed by atoms with E-state index in [1.165, 1.54) is 24.3 Å². The molecule has 19 heavy (non-hydrogen) atoms. The maximum absolute atomic E-state index is 10.5. The zero-order chi connectivity index (χ0) is 13.8. The van der Waals surface area contributed by atoms with E-state index in [-0.39, 0.29) is 5.69 Å². The molecule has 0 spiro atoms. The van der Waals surface area contributed by atoms with Gasteiger partial charge in [-0.15, -0.1) is 23.2 Å². The van der Waals surface area contributed by atoms with Gasteiger partial charge in [-0.1, -0.05) is 12.1 Å². The molecule has 0 atom stereocenters. The molecule has 0 saturated carbocycles.